The topological polar surface area (TPSA) is 216 Å². The fraction of sp³-hybridized carbons (Fsp3) is 0.662. The minimum absolute atomic E-state index is 0.0389. The van der Waals surface area contributed by atoms with E-state index in [2.05, 4.69) is 141 Å². The van der Waals surface area contributed by atoms with Gasteiger partial charge in [-0.25, -0.2) is 54.3 Å². The van der Waals surface area contributed by atoms with E-state index in [-0.39, 0.29) is 16.2 Å². The average molecular weight is 1650 g/mol. The van der Waals surface area contributed by atoms with E-state index < -0.39 is 59.1 Å². The number of ether oxygens (including phenoxy) is 6. The Morgan fingerprint density at radius 3 is 1.19 bits per heavy atom. The van der Waals surface area contributed by atoms with Gasteiger partial charge in [0.15, 0.2) is 0 Å². The van der Waals surface area contributed by atoms with Crippen LogP contribution in [0.1, 0.15) is 238 Å². The van der Waals surface area contributed by atoms with Gasteiger partial charge in [0.2, 0.25) is 29.1 Å². The minimum Gasteiger partial charge on any atom is -0.428 e. The molecule has 3 aromatic rings. The first-order valence-electron chi connectivity index (χ1n) is 37.1. The second kappa shape index (κ2) is 34.7. The maximum atomic E-state index is 11.0. The summed E-state index contributed by atoms with van der Waals surface area (Å²) in [5.74, 6) is 11.2. The number of rotatable bonds is 12. The third kappa shape index (κ3) is 18.3. The van der Waals surface area contributed by atoms with Gasteiger partial charge in [0.05, 0.1) is 18.3 Å². The number of hydrogen-bond acceptors (Lipinski definition) is 19. The van der Waals surface area contributed by atoms with E-state index in [1.807, 2.05) is 47.2 Å². The Morgan fingerprint density at radius 1 is 0.549 bits per heavy atom. The summed E-state index contributed by atoms with van der Waals surface area (Å²) in [5.41, 5.74) is 17.2. The molecule has 0 amide bonds. The molecule has 0 bridgehead atoms. The quantitative estimate of drug-likeness (QED) is 0.0746. The van der Waals surface area contributed by atoms with Gasteiger partial charge >= 0.3 is 120 Å². The first-order chi connectivity index (χ1) is 48.3. The van der Waals surface area contributed by atoms with E-state index in [0.29, 0.717) is 30.2 Å². The molecule has 22 heteroatoms. The first-order valence-corrected chi connectivity index (χ1v) is 46.2. The molecule has 19 nitrogen and oxygen atoms in total. The second-order valence-electron chi connectivity index (χ2n) is 31.3. The number of fused-ring (bicyclic) bond motifs is 9. The van der Waals surface area contributed by atoms with Crippen LogP contribution in [0, 0.1) is 37.9 Å². The van der Waals surface area contributed by atoms with Crippen LogP contribution in [0.3, 0.4) is 0 Å². The van der Waals surface area contributed by atoms with Gasteiger partial charge < -0.3 is 39.9 Å². The first kappa shape index (κ1) is 82.7. The number of amidine groups is 1. The van der Waals surface area contributed by atoms with Crippen molar-refractivity contribution in [3.63, 3.8) is 0 Å². The SMILES string of the molecule is CC#Cc1ccc2c(c1)C1(N=C(N)N(C)O1)C1(CCC(OC)CC1)C2.CC#[C][Sn]([CH2]CCC)([CH2]CCC)[CH2]CCC.CC(C)(C)OC(=O)OC(=O)OC(C)(C)C.COC1CCC2(CC1)Cc1ccc(Br)cc1C21N=C(C)N(C)O1.COC1CCC2(CC1)Cc1ccc(Br)cc1C21N=C(N)N(C)O1. The molecule has 562 valence electrons. The molecule has 0 saturated heterocycles. The maximum absolute atomic E-state index is 11.0. The number of nitrogens with two attached hydrogens (primary N) is 2. The van der Waals surface area contributed by atoms with Crippen LogP contribution in [0.25, 0.3) is 0 Å². The van der Waals surface area contributed by atoms with Crippen molar-refractivity contribution in [2.24, 2.45) is 42.7 Å². The van der Waals surface area contributed by atoms with Crippen molar-refractivity contribution in [3.8, 4) is 21.7 Å². The summed E-state index contributed by atoms with van der Waals surface area (Å²) in [6.07, 6.45) is 22.8. The summed E-state index contributed by atoms with van der Waals surface area (Å²) in [6, 6.07) is 19.4. The fourth-order valence-electron chi connectivity index (χ4n) is 16.8. The predicted molar refractivity (Wildman–Crippen MR) is 413 cm³/mol. The number of unbranched alkanes of at least 4 members (excludes halogenated alkanes) is 3. The van der Waals surface area contributed by atoms with Crippen molar-refractivity contribution < 1.29 is 52.5 Å². The van der Waals surface area contributed by atoms with Crippen molar-refractivity contribution in [2.45, 2.75) is 278 Å². The molecule has 6 spiro atoms. The average Bonchev–Trinajstić information content (AvgIpc) is 1.55. The Balaban J connectivity index is 0.000000164. The second-order valence-corrected chi connectivity index (χ2v) is 45.5. The van der Waals surface area contributed by atoms with Crippen molar-refractivity contribution >= 4 is 80.3 Å². The van der Waals surface area contributed by atoms with Gasteiger partial charge in [-0.05, 0) is 205 Å². The zero-order chi connectivity index (χ0) is 74.7. The molecule has 3 atom stereocenters. The van der Waals surface area contributed by atoms with E-state index in [4.69, 9.17) is 64.6 Å². The summed E-state index contributed by atoms with van der Waals surface area (Å²) in [4.78, 5) is 55.9. The summed E-state index contributed by atoms with van der Waals surface area (Å²) in [7, 11) is 11.0. The zero-order valence-corrected chi connectivity index (χ0v) is 70.5. The van der Waals surface area contributed by atoms with Crippen molar-refractivity contribution in [3.05, 3.63) is 102 Å². The monoisotopic (exact) mass is 1640 g/mol. The van der Waals surface area contributed by atoms with E-state index in [9.17, 15) is 9.59 Å². The number of methoxy groups -OCH3 is 3. The molecule has 3 unspecified atom stereocenters. The van der Waals surface area contributed by atoms with Gasteiger partial charge in [-0.1, -0.05) is 56.0 Å². The van der Waals surface area contributed by atoms with Crippen LogP contribution >= 0.6 is 31.9 Å². The van der Waals surface area contributed by atoms with Crippen LogP contribution in [-0.2, 0) is 79.4 Å². The van der Waals surface area contributed by atoms with Crippen LogP contribution in [0.2, 0.25) is 13.3 Å². The number of benzene rings is 3. The Morgan fingerprint density at radius 2 is 0.892 bits per heavy atom. The molecule has 102 heavy (non-hydrogen) atoms. The molecule has 6 aliphatic carbocycles. The summed E-state index contributed by atoms with van der Waals surface area (Å²) >= 11 is 5.19. The minimum atomic E-state index is -2.02. The number of carbonyl (C=O) groups is 2. The summed E-state index contributed by atoms with van der Waals surface area (Å²) in [6.45, 7) is 22.9. The van der Waals surface area contributed by atoms with Crippen molar-refractivity contribution in [2.75, 3.05) is 42.5 Å². The molecule has 3 saturated carbocycles. The molecule has 0 aromatic heterocycles. The molecule has 4 N–H and O–H groups in total. The Bertz CT molecular complexity index is 3460. The number of guanidine groups is 2. The standard InChI is InChI=1S/C20H25N3O2.C18H23BrN2O2.C17H22BrN3O2.C10H18O5.3C4H9.C3H3.Sn/c1-4-5-14-6-7-15-13-19(10-8-16(24-3)9-11-19)20(17(15)12-14)22-18(21)23(2)25-20;1-12-20-18(23-21(12)2)16-10-14(19)5-4-13(16)11-17(18)8-6-15(22-3)7-9-17;1-21-15(19)20-17(23-21)14-9-12(18)4-3-11(14)10-16(17)7-5-13(22-2)6-8-16;1-9(2,3)14-7(11)13-8(12)15-10(4,5)6;3*1-3-4-2;1-3-2;/h6-7,12,16H,8-11,13H2,1-3H3,(H2,21,22);4-5,10,15H,6-9,11H2,1-3H3;3-4,9,13H,5-8,10H2,1-2H3,(H2,19,20);1-6H3;3*1,3-4H2,2H3;1H3;. The number of halogens is 2. The molecular formula is C80H118Br2N8O11Sn. The Labute approximate surface area is 630 Å². The zero-order valence-electron chi connectivity index (χ0n) is 64.5. The Kier molecular flexibility index (Phi) is 28.2. The smallest absolute Gasteiger partial charge is 0.428 e. The van der Waals surface area contributed by atoms with Crippen LogP contribution in [0.5, 0.6) is 0 Å². The van der Waals surface area contributed by atoms with Crippen LogP contribution in [0.4, 0.5) is 9.59 Å². The molecular weight excluding hydrogens is 1530 g/mol. The molecule has 3 fully saturated rings. The summed E-state index contributed by atoms with van der Waals surface area (Å²) in [5, 5.41) is 5.05. The van der Waals surface area contributed by atoms with Gasteiger partial charge in [0, 0.05) is 89.9 Å². The molecule has 3 aromatic carbocycles. The number of aliphatic imine (C=N–C) groups is 3. The number of hydrogen-bond donors (Lipinski definition) is 2. The third-order valence-electron chi connectivity index (χ3n) is 22.2. The summed E-state index contributed by atoms with van der Waals surface area (Å²) < 4.78 is 41.0. The number of carbonyl (C=O) groups excluding carboxylic acids is 2. The number of nitrogens with zero attached hydrogens (tertiary/aromatic N) is 6. The maximum Gasteiger partial charge on any atom is 0.519 e. The van der Waals surface area contributed by atoms with Crippen LogP contribution < -0.4 is 11.5 Å². The van der Waals surface area contributed by atoms with E-state index in [1.54, 1.807) is 65.9 Å². The van der Waals surface area contributed by atoms with Gasteiger partial charge in [-0.2, -0.15) is 0 Å². The third-order valence-corrected chi connectivity index (χ3v) is 36.6. The normalized spacial score (nSPS) is 27.8. The van der Waals surface area contributed by atoms with E-state index >= 15 is 0 Å². The van der Waals surface area contributed by atoms with E-state index in [0.717, 1.165) is 128 Å². The molecule has 3 heterocycles. The predicted octanol–water partition coefficient (Wildman–Crippen LogP) is 17.8. The molecule has 0 radical (unpaired) electrons. The van der Waals surface area contributed by atoms with Gasteiger partial charge in [0.25, 0.3) is 0 Å². The van der Waals surface area contributed by atoms with Crippen LogP contribution in [0.15, 0.2) is 78.5 Å². The van der Waals surface area contributed by atoms with Gasteiger partial charge in [0.1, 0.15) is 17.0 Å². The molecule has 12 rings (SSSR count). The number of hydroxylamine groups is 6. The Hall–Kier alpha value is -4.95. The van der Waals surface area contributed by atoms with Gasteiger partial charge in [-0.15, -0.1) is 5.92 Å². The van der Waals surface area contributed by atoms with Gasteiger partial charge in [-0.3, -0.25) is 0 Å². The van der Waals surface area contributed by atoms with Crippen molar-refractivity contribution in [1.82, 2.24) is 15.2 Å². The van der Waals surface area contributed by atoms with E-state index in [1.165, 1.54) is 74.1 Å². The molecule has 9 aliphatic rings. The van der Waals surface area contributed by atoms with Crippen molar-refractivity contribution in [1.29, 1.82) is 0 Å². The largest absolute Gasteiger partial charge is 0.519 e. The fourth-order valence-corrected chi connectivity index (χ4v) is 31.1. The molecule has 3 aliphatic heterocycles. The van der Waals surface area contributed by atoms with Crippen LogP contribution in [-0.4, -0.2) is 136 Å².